The molecule has 3 atom stereocenters. The SMILES string of the molecule is CC(C)(C)OC(=O)N1C2C[C@@H]2C[C@H]1c1nc2cc(Br)cc(F)c2[nH]1. The number of carbonyl (C=O) groups excluding carboxylic acids is 1. The zero-order valence-corrected chi connectivity index (χ0v) is 15.4. The van der Waals surface area contributed by atoms with E-state index in [0.717, 1.165) is 12.8 Å². The molecule has 24 heavy (non-hydrogen) atoms. The number of imidazole rings is 1. The van der Waals surface area contributed by atoms with Gasteiger partial charge in [0.05, 0.1) is 11.6 Å². The van der Waals surface area contributed by atoms with Crippen LogP contribution in [0.5, 0.6) is 0 Å². The number of likely N-dealkylation sites (tertiary alicyclic amines) is 1. The van der Waals surface area contributed by atoms with E-state index in [-0.39, 0.29) is 24.0 Å². The lowest BCUT2D eigenvalue weighted by Gasteiger charge is -2.29. The van der Waals surface area contributed by atoms with Crippen molar-refractivity contribution in [1.29, 1.82) is 0 Å². The van der Waals surface area contributed by atoms with Crippen LogP contribution in [0.15, 0.2) is 16.6 Å². The van der Waals surface area contributed by atoms with Crippen molar-refractivity contribution in [1.82, 2.24) is 14.9 Å². The van der Waals surface area contributed by atoms with Crippen molar-refractivity contribution in [3.63, 3.8) is 0 Å². The van der Waals surface area contributed by atoms with E-state index in [9.17, 15) is 9.18 Å². The number of H-pyrrole nitrogens is 1. The third kappa shape index (κ3) is 2.68. The second-order valence-corrected chi connectivity index (χ2v) is 8.52. The molecule has 1 saturated heterocycles. The highest BCUT2D eigenvalue weighted by Gasteiger charge is 2.56. The van der Waals surface area contributed by atoms with E-state index in [1.54, 1.807) is 11.0 Å². The summed E-state index contributed by atoms with van der Waals surface area (Å²) in [6.45, 7) is 5.57. The summed E-state index contributed by atoms with van der Waals surface area (Å²) in [6, 6.07) is 3.21. The van der Waals surface area contributed by atoms with Crippen molar-refractivity contribution in [2.24, 2.45) is 5.92 Å². The lowest BCUT2D eigenvalue weighted by Crippen LogP contribution is -2.38. The van der Waals surface area contributed by atoms with Gasteiger partial charge >= 0.3 is 6.09 Å². The highest BCUT2D eigenvalue weighted by molar-refractivity contribution is 9.10. The lowest BCUT2D eigenvalue weighted by molar-refractivity contribution is 0.0175. The molecule has 1 amide bonds. The minimum atomic E-state index is -0.542. The molecule has 1 unspecified atom stereocenters. The number of aromatic nitrogens is 2. The summed E-state index contributed by atoms with van der Waals surface area (Å²) in [5, 5.41) is 0. The fourth-order valence-electron chi connectivity index (χ4n) is 3.49. The van der Waals surface area contributed by atoms with Crippen LogP contribution in [0.4, 0.5) is 9.18 Å². The van der Waals surface area contributed by atoms with Crippen LogP contribution in [0.2, 0.25) is 0 Å². The van der Waals surface area contributed by atoms with Gasteiger partial charge in [-0.1, -0.05) is 15.9 Å². The van der Waals surface area contributed by atoms with Crippen molar-refractivity contribution in [3.8, 4) is 0 Å². The number of ether oxygens (including phenoxy) is 1. The topological polar surface area (TPSA) is 58.2 Å². The van der Waals surface area contributed by atoms with Crippen LogP contribution in [-0.2, 0) is 4.74 Å². The van der Waals surface area contributed by atoms with Crippen molar-refractivity contribution in [2.45, 2.75) is 51.3 Å². The molecule has 1 N–H and O–H groups in total. The Kier molecular flexibility index (Phi) is 3.43. The summed E-state index contributed by atoms with van der Waals surface area (Å²) in [5.41, 5.74) is 0.388. The van der Waals surface area contributed by atoms with Gasteiger partial charge in [-0.3, -0.25) is 4.90 Å². The molecule has 2 heterocycles. The van der Waals surface area contributed by atoms with Gasteiger partial charge in [0, 0.05) is 10.5 Å². The van der Waals surface area contributed by atoms with Crippen molar-refractivity contribution in [3.05, 3.63) is 28.2 Å². The van der Waals surface area contributed by atoms with Crippen LogP contribution in [0.25, 0.3) is 11.0 Å². The Balaban J connectivity index is 1.68. The van der Waals surface area contributed by atoms with Crippen LogP contribution in [0.3, 0.4) is 0 Å². The Morgan fingerprint density at radius 1 is 1.42 bits per heavy atom. The Morgan fingerprint density at radius 2 is 2.17 bits per heavy atom. The van der Waals surface area contributed by atoms with E-state index in [1.807, 2.05) is 20.8 Å². The van der Waals surface area contributed by atoms with Gasteiger partial charge in [0.15, 0.2) is 0 Å². The van der Waals surface area contributed by atoms with E-state index in [2.05, 4.69) is 25.9 Å². The van der Waals surface area contributed by atoms with Crippen LogP contribution in [0, 0.1) is 11.7 Å². The number of carbonyl (C=O) groups is 1. The molecule has 0 bridgehead atoms. The van der Waals surface area contributed by atoms with E-state index < -0.39 is 5.60 Å². The molecular formula is C17H19BrFN3O2. The minimum Gasteiger partial charge on any atom is -0.444 e. The van der Waals surface area contributed by atoms with Gasteiger partial charge in [0.25, 0.3) is 0 Å². The zero-order chi connectivity index (χ0) is 17.2. The molecule has 0 spiro atoms. The first-order valence-electron chi connectivity index (χ1n) is 8.09. The number of hydrogen-bond donors (Lipinski definition) is 1. The van der Waals surface area contributed by atoms with Crippen LogP contribution in [-0.4, -0.2) is 32.6 Å². The largest absolute Gasteiger partial charge is 0.444 e. The average Bonchev–Trinajstić information content (AvgIpc) is 2.92. The number of halogens is 2. The first kappa shape index (κ1) is 15.9. The maximum absolute atomic E-state index is 14.1. The van der Waals surface area contributed by atoms with Gasteiger partial charge in [-0.15, -0.1) is 0 Å². The second kappa shape index (κ2) is 5.18. The molecule has 1 aromatic carbocycles. The van der Waals surface area contributed by atoms with Crippen LogP contribution in [0.1, 0.15) is 45.5 Å². The first-order chi connectivity index (χ1) is 11.2. The highest BCUT2D eigenvalue weighted by atomic mass is 79.9. The smallest absolute Gasteiger partial charge is 0.411 e. The quantitative estimate of drug-likeness (QED) is 0.770. The number of aromatic amines is 1. The molecule has 4 rings (SSSR count). The number of nitrogens with one attached hydrogen (secondary N) is 1. The van der Waals surface area contributed by atoms with Crippen molar-refractivity contribution in [2.75, 3.05) is 0 Å². The Morgan fingerprint density at radius 3 is 2.88 bits per heavy atom. The van der Waals surface area contributed by atoms with E-state index in [1.165, 1.54) is 6.07 Å². The number of hydrogen-bond acceptors (Lipinski definition) is 3. The zero-order valence-electron chi connectivity index (χ0n) is 13.8. The van der Waals surface area contributed by atoms with Crippen LogP contribution >= 0.6 is 15.9 Å². The normalized spacial score (nSPS) is 25.9. The molecule has 2 fully saturated rings. The van der Waals surface area contributed by atoms with Gasteiger partial charge < -0.3 is 9.72 Å². The molecule has 7 heteroatoms. The first-order valence-corrected chi connectivity index (χ1v) is 8.88. The van der Waals surface area contributed by atoms with Gasteiger partial charge in [-0.25, -0.2) is 14.2 Å². The molecule has 128 valence electrons. The van der Waals surface area contributed by atoms with E-state index >= 15 is 0 Å². The van der Waals surface area contributed by atoms with Gasteiger partial charge in [-0.05, 0) is 51.7 Å². The summed E-state index contributed by atoms with van der Waals surface area (Å²) in [7, 11) is 0. The Labute approximate surface area is 147 Å². The van der Waals surface area contributed by atoms with Gasteiger partial charge in [0.2, 0.25) is 0 Å². The molecule has 1 saturated carbocycles. The number of amides is 1. The standard InChI is InChI=1S/C17H19BrFN3O2/c1-17(2,3)24-16(23)22-12-4-8(12)5-13(22)15-20-11-7-9(18)6-10(19)14(11)21-15/h6-8,12-13H,4-5H2,1-3H3,(H,20,21)/t8-,12?,13+/m1/s1. The third-order valence-corrected chi connectivity index (χ3v) is 5.01. The summed E-state index contributed by atoms with van der Waals surface area (Å²) >= 11 is 3.28. The number of nitrogens with zero attached hydrogens (tertiary/aromatic N) is 2. The number of fused-ring (bicyclic) bond motifs is 2. The molecule has 2 aromatic rings. The summed E-state index contributed by atoms with van der Waals surface area (Å²) < 4.78 is 20.3. The highest BCUT2D eigenvalue weighted by Crippen LogP contribution is 2.53. The molecule has 1 aromatic heterocycles. The van der Waals surface area contributed by atoms with Crippen molar-refractivity contribution < 1.29 is 13.9 Å². The van der Waals surface area contributed by atoms with E-state index in [4.69, 9.17) is 4.74 Å². The predicted molar refractivity (Wildman–Crippen MR) is 91.1 cm³/mol. The summed E-state index contributed by atoms with van der Waals surface area (Å²) in [5.74, 6) is 0.762. The molecule has 5 nitrogen and oxygen atoms in total. The molecule has 2 aliphatic rings. The summed E-state index contributed by atoms with van der Waals surface area (Å²) in [6.07, 6.45) is 1.53. The third-order valence-electron chi connectivity index (χ3n) is 4.55. The number of benzene rings is 1. The second-order valence-electron chi connectivity index (χ2n) is 7.61. The maximum atomic E-state index is 14.1. The lowest BCUT2D eigenvalue weighted by atomic mass is 10.1. The average molecular weight is 396 g/mol. The number of piperidine rings is 1. The maximum Gasteiger partial charge on any atom is 0.411 e. The summed E-state index contributed by atoms with van der Waals surface area (Å²) in [4.78, 5) is 22.0. The molecule has 1 aliphatic heterocycles. The molecule has 0 radical (unpaired) electrons. The van der Waals surface area contributed by atoms with Crippen LogP contribution < -0.4 is 0 Å². The minimum absolute atomic E-state index is 0.186. The van der Waals surface area contributed by atoms with Gasteiger partial charge in [-0.2, -0.15) is 0 Å². The molecule has 1 aliphatic carbocycles. The fraction of sp³-hybridized carbons (Fsp3) is 0.529. The van der Waals surface area contributed by atoms with Gasteiger partial charge in [0.1, 0.15) is 22.8 Å². The monoisotopic (exact) mass is 395 g/mol. The Bertz CT molecular complexity index is 829. The van der Waals surface area contributed by atoms with E-state index in [0.29, 0.717) is 27.2 Å². The Hall–Kier alpha value is -1.63. The number of rotatable bonds is 1. The fourth-order valence-corrected chi connectivity index (χ4v) is 3.91. The van der Waals surface area contributed by atoms with Crippen molar-refractivity contribution >= 4 is 33.1 Å². The molecular weight excluding hydrogens is 377 g/mol. The predicted octanol–water partition coefficient (Wildman–Crippen LogP) is 4.53.